The number of thiazole rings is 1. The molecule has 0 spiro atoms. The first-order valence-electron chi connectivity index (χ1n) is 6.63. The molecule has 0 fully saturated rings. The van der Waals surface area contributed by atoms with E-state index >= 15 is 0 Å². The maximum atomic E-state index is 11.9. The number of sulfonamides is 1. The van der Waals surface area contributed by atoms with E-state index in [1.54, 1.807) is 30.7 Å². The lowest BCUT2D eigenvalue weighted by Crippen LogP contribution is -2.30. The third kappa shape index (κ3) is 3.78. The van der Waals surface area contributed by atoms with E-state index in [9.17, 15) is 13.2 Å². The molecule has 10 heteroatoms. The molecule has 0 atom stereocenters. The Balaban J connectivity index is 1.90. The normalized spacial score (nSPS) is 11.2. The molecule has 0 aromatic carbocycles. The van der Waals surface area contributed by atoms with E-state index in [1.807, 2.05) is 4.72 Å². The Morgan fingerprint density at radius 3 is 2.62 bits per heavy atom. The largest absolute Gasteiger partial charge is 0.283 e. The van der Waals surface area contributed by atoms with Crippen molar-refractivity contribution in [2.24, 2.45) is 0 Å². The van der Waals surface area contributed by atoms with E-state index in [-0.39, 0.29) is 5.69 Å². The van der Waals surface area contributed by atoms with Crippen LogP contribution in [-0.2, 0) is 10.0 Å². The van der Waals surface area contributed by atoms with Gasteiger partial charge in [0.1, 0.15) is 17.0 Å². The van der Waals surface area contributed by atoms with Crippen LogP contribution in [0.4, 0.5) is 0 Å². The molecule has 0 radical (unpaired) electrons. The predicted molar refractivity (Wildman–Crippen MR) is 88.7 cm³/mol. The zero-order valence-corrected chi connectivity index (χ0v) is 14.0. The predicted octanol–water partition coefficient (Wildman–Crippen LogP) is 1.35. The number of aromatic nitrogens is 4. The minimum Gasteiger partial charge on any atom is -0.266 e. The number of hydrogen-bond donors (Lipinski definition) is 1. The molecular weight excluding hydrogens is 350 g/mol. The van der Waals surface area contributed by atoms with Crippen LogP contribution in [0.5, 0.6) is 0 Å². The van der Waals surface area contributed by atoms with Crippen LogP contribution in [0.1, 0.15) is 10.5 Å². The first kappa shape index (κ1) is 16.1. The van der Waals surface area contributed by atoms with Crippen LogP contribution >= 0.6 is 11.3 Å². The number of nitrogens with one attached hydrogen (secondary N) is 1. The number of amides is 1. The third-order valence-electron chi connectivity index (χ3n) is 2.83. The second-order valence-corrected chi connectivity index (χ2v) is 7.55. The van der Waals surface area contributed by atoms with Gasteiger partial charge in [0, 0.05) is 24.2 Å². The summed E-state index contributed by atoms with van der Waals surface area (Å²) < 4.78 is 24.2. The van der Waals surface area contributed by atoms with Crippen molar-refractivity contribution in [3.8, 4) is 21.1 Å². The van der Waals surface area contributed by atoms with E-state index in [0.29, 0.717) is 5.69 Å². The van der Waals surface area contributed by atoms with Gasteiger partial charge in [-0.15, -0.1) is 11.3 Å². The summed E-state index contributed by atoms with van der Waals surface area (Å²) in [6.45, 7) is 0. The van der Waals surface area contributed by atoms with Gasteiger partial charge in [-0.1, -0.05) is 6.07 Å². The Kier molecular flexibility index (Phi) is 4.32. The molecule has 0 saturated carbocycles. The Hall–Kier alpha value is -2.72. The Morgan fingerprint density at radius 2 is 1.92 bits per heavy atom. The lowest BCUT2D eigenvalue weighted by molar-refractivity contribution is 0.0977. The van der Waals surface area contributed by atoms with Crippen LogP contribution in [0.2, 0.25) is 0 Å². The lowest BCUT2D eigenvalue weighted by atomic mass is 10.3. The van der Waals surface area contributed by atoms with Crippen LogP contribution in [0.3, 0.4) is 0 Å². The van der Waals surface area contributed by atoms with Gasteiger partial charge < -0.3 is 0 Å². The van der Waals surface area contributed by atoms with Crippen molar-refractivity contribution in [3.05, 3.63) is 48.8 Å². The fourth-order valence-corrected chi connectivity index (χ4v) is 3.16. The Bertz CT molecular complexity index is 986. The van der Waals surface area contributed by atoms with Gasteiger partial charge in [-0.2, -0.15) is 0 Å². The quantitative estimate of drug-likeness (QED) is 0.746. The van der Waals surface area contributed by atoms with Gasteiger partial charge in [0.05, 0.1) is 16.8 Å². The summed E-state index contributed by atoms with van der Waals surface area (Å²) in [7, 11) is -3.64. The zero-order valence-electron chi connectivity index (χ0n) is 12.4. The topological polar surface area (TPSA) is 115 Å². The summed E-state index contributed by atoms with van der Waals surface area (Å²) in [5.74, 6) is -0.777. The maximum absolute atomic E-state index is 11.9. The molecule has 3 rings (SSSR count). The molecule has 1 amide bonds. The third-order valence-corrected chi connectivity index (χ3v) is 4.45. The number of pyridine rings is 1. The van der Waals surface area contributed by atoms with Crippen molar-refractivity contribution in [1.82, 2.24) is 24.7 Å². The average Bonchev–Trinajstić information content (AvgIpc) is 3.04. The highest BCUT2D eigenvalue weighted by molar-refractivity contribution is 7.89. The van der Waals surface area contributed by atoms with Crippen LogP contribution in [0, 0.1) is 0 Å². The SMILES string of the molecule is CS(=O)(=O)NC(=O)c1cccc(-c2cnc(-c3cncnc3)s2)n1. The van der Waals surface area contributed by atoms with Gasteiger partial charge in [-0.05, 0) is 12.1 Å². The van der Waals surface area contributed by atoms with Gasteiger partial charge in [-0.3, -0.25) is 4.79 Å². The molecule has 3 aromatic rings. The highest BCUT2D eigenvalue weighted by Gasteiger charge is 2.14. The van der Waals surface area contributed by atoms with Crippen molar-refractivity contribution < 1.29 is 13.2 Å². The summed E-state index contributed by atoms with van der Waals surface area (Å²) in [4.78, 5) is 29.0. The molecule has 3 aromatic heterocycles. The van der Waals surface area contributed by atoms with Gasteiger partial charge in [-0.25, -0.2) is 33.1 Å². The van der Waals surface area contributed by atoms with Crippen LogP contribution in [0.15, 0.2) is 43.1 Å². The van der Waals surface area contributed by atoms with Crippen molar-refractivity contribution in [2.45, 2.75) is 0 Å². The molecule has 24 heavy (non-hydrogen) atoms. The number of carbonyl (C=O) groups excluding carboxylic acids is 1. The van der Waals surface area contributed by atoms with Crippen LogP contribution in [-0.4, -0.2) is 40.5 Å². The van der Waals surface area contributed by atoms with E-state index in [1.165, 1.54) is 23.7 Å². The van der Waals surface area contributed by atoms with E-state index < -0.39 is 15.9 Å². The highest BCUT2D eigenvalue weighted by Crippen LogP contribution is 2.30. The molecule has 3 heterocycles. The molecule has 0 saturated heterocycles. The fraction of sp³-hybridized carbons (Fsp3) is 0.0714. The first-order valence-corrected chi connectivity index (χ1v) is 9.34. The molecule has 0 aliphatic carbocycles. The molecule has 1 N–H and O–H groups in total. The number of carbonyl (C=O) groups is 1. The maximum Gasteiger partial charge on any atom is 0.283 e. The standard InChI is InChI=1S/C14H11N5O3S2/c1-24(21,22)19-13(20)11-4-2-3-10(18-11)12-7-17-14(23-12)9-5-15-8-16-6-9/h2-8H,1H3,(H,19,20). The Morgan fingerprint density at radius 1 is 1.17 bits per heavy atom. The minimum absolute atomic E-state index is 0.0101. The monoisotopic (exact) mass is 361 g/mol. The van der Waals surface area contributed by atoms with Gasteiger partial charge in [0.25, 0.3) is 5.91 Å². The van der Waals surface area contributed by atoms with E-state index in [4.69, 9.17) is 0 Å². The molecule has 0 unspecified atom stereocenters. The Labute approximate surface area is 141 Å². The van der Waals surface area contributed by atoms with Gasteiger partial charge in [0.2, 0.25) is 10.0 Å². The molecule has 122 valence electrons. The second kappa shape index (κ2) is 6.42. The van der Waals surface area contributed by atoms with Crippen molar-refractivity contribution in [1.29, 1.82) is 0 Å². The summed E-state index contributed by atoms with van der Waals surface area (Å²) in [6.07, 6.45) is 7.28. The average molecular weight is 361 g/mol. The first-order chi connectivity index (χ1) is 11.4. The number of nitrogens with zero attached hydrogens (tertiary/aromatic N) is 4. The smallest absolute Gasteiger partial charge is 0.266 e. The van der Waals surface area contributed by atoms with E-state index in [0.717, 1.165) is 21.7 Å². The second-order valence-electron chi connectivity index (χ2n) is 4.77. The summed E-state index contributed by atoms with van der Waals surface area (Å²) in [6, 6.07) is 4.79. The van der Waals surface area contributed by atoms with Crippen molar-refractivity contribution in [2.75, 3.05) is 6.26 Å². The van der Waals surface area contributed by atoms with Crippen molar-refractivity contribution in [3.63, 3.8) is 0 Å². The van der Waals surface area contributed by atoms with Crippen LogP contribution in [0.25, 0.3) is 21.1 Å². The highest BCUT2D eigenvalue weighted by atomic mass is 32.2. The summed E-state index contributed by atoms with van der Waals surface area (Å²) in [5.41, 5.74) is 1.31. The van der Waals surface area contributed by atoms with Gasteiger partial charge >= 0.3 is 0 Å². The minimum atomic E-state index is -3.64. The summed E-state index contributed by atoms with van der Waals surface area (Å²) in [5, 5.41) is 0.721. The summed E-state index contributed by atoms with van der Waals surface area (Å²) >= 11 is 1.37. The molecular formula is C14H11N5O3S2. The lowest BCUT2D eigenvalue weighted by Gasteiger charge is -2.03. The number of rotatable bonds is 4. The number of hydrogen-bond acceptors (Lipinski definition) is 8. The van der Waals surface area contributed by atoms with E-state index in [2.05, 4.69) is 19.9 Å². The molecule has 0 aliphatic rings. The zero-order chi connectivity index (χ0) is 17.2. The van der Waals surface area contributed by atoms with Crippen molar-refractivity contribution >= 4 is 27.3 Å². The molecule has 8 nitrogen and oxygen atoms in total. The molecule has 0 bridgehead atoms. The van der Waals surface area contributed by atoms with Crippen LogP contribution < -0.4 is 4.72 Å². The fourth-order valence-electron chi connectivity index (χ4n) is 1.85. The molecule has 0 aliphatic heterocycles. The van der Waals surface area contributed by atoms with Gasteiger partial charge in [0.15, 0.2) is 0 Å².